The van der Waals surface area contributed by atoms with E-state index in [0.29, 0.717) is 13.0 Å². The van der Waals surface area contributed by atoms with E-state index in [1.807, 2.05) is 13.8 Å². The average Bonchev–Trinajstić information content (AvgIpc) is 1.98. The van der Waals surface area contributed by atoms with Crippen LogP contribution < -0.4 is 11.5 Å². The van der Waals surface area contributed by atoms with Crippen molar-refractivity contribution in [1.82, 2.24) is 0 Å². The molecule has 0 saturated carbocycles. The molecule has 70 valence electrons. The zero-order chi connectivity index (χ0) is 9.78. The van der Waals surface area contributed by atoms with Crippen molar-refractivity contribution in [3.8, 4) is 0 Å². The molecule has 0 spiro atoms. The lowest BCUT2D eigenvalue weighted by atomic mass is 10.0. The first-order valence-electron chi connectivity index (χ1n) is 3.75. The monoisotopic (exact) mass is 206 g/mol. The molecule has 0 aromatic heterocycles. The third kappa shape index (κ3) is 2.12. The van der Waals surface area contributed by atoms with Gasteiger partial charge in [0.05, 0.1) is 0 Å². The molecular formula is C7H14N2OS2. The lowest BCUT2D eigenvalue weighted by Crippen LogP contribution is -2.54. The van der Waals surface area contributed by atoms with Crippen LogP contribution in [0.5, 0.6) is 0 Å². The second-order valence-corrected chi connectivity index (χ2v) is 3.22. The predicted octanol–water partition coefficient (Wildman–Crippen LogP) is 0.744. The van der Waals surface area contributed by atoms with Crippen LogP contribution in [0.2, 0.25) is 0 Å². The molecule has 0 saturated heterocycles. The molecule has 4 N–H and O–H groups in total. The molecule has 3 nitrogen and oxygen atoms in total. The second-order valence-electron chi connectivity index (χ2n) is 2.34. The number of thiocarbonyl (C=S) groups is 2. The van der Waals surface area contributed by atoms with E-state index in [4.69, 9.17) is 40.6 Å². The average molecular weight is 206 g/mol. The highest BCUT2D eigenvalue weighted by molar-refractivity contribution is 7.82. The van der Waals surface area contributed by atoms with Gasteiger partial charge in [0.2, 0.25) is 0 Å². The van der Waals surface area contributed by atoms with Crippen molar-refractivity contribution in [2.24, 2.45) is 11.5 Å². The Balaban J connectivity index is 4.76. The van der Waals surface area contributed by atoms with Crippen molar-refractivity contribution in [2.75, 3.05) is 6.61 Å². The van der Waals surface area contributed by atoms with Crippen LogP contribution in [0, 0.1) is 0 Å². The van der Waals surface area contributed by atoms with Crippen LogP contribution in [0.15, 0.2) is 0 Å². The quantitative estimate of drug-likeness (QED) is 0.650. The molecule has 0 fully saturated rings. The number of rotatable bonds is 5. The predicted molar refractivity (Wildman–Crippen MR) is 58.2 cm³/mol. The highest BCUT2D eigenvalue weighted by Gasteiger charge is 2.35. The minimum absolute atomic E-state index is 0.208. The molecule has 0 aliphatic heterocycles. The van der Waals surface area contributed by atoms with E-state index in [1.165, 1.54) is 0 Å². The Bertz CT molecular complexity index is 180. The van der Waals surface area contributed by atoms with Crippen molar-refractivity contribution >= 4 is 34.4 Å². The molecule has 5 heteroatoms. The fraction of sp³-hybridized carbons (Fsp3) is 0.714. The fourth-order valence-corrected chi connectivity index (χ4v) is 1.65. The Morgan fingerprint density at radius 1 is 1.25 bits per heavy atom. The van der Waals surface area contributed by atoms with Crippen LogP contribution in [-0.2, 0) is 4.74 Å². The lowest BCUT2D eigenvalue weighted by molar-refractivity contribution is 0.0657. The molecule has 12 heavy (non-hydrogen) atoms. The summed E-state index contributed by atoms with van der Waals surface area (Å²) in [6.45, 7) is 4.22. The van der Waals surface area contributed by atoms with Crippen LogP contribution in [0.3, 0.4) is 0 Å². The van der Waals surface area contributed by atoms with Crippen molar-refractivity contribution in [2.45, 2.75) is 25.9 Å². The number of ether oxygens (including phenoxy) is 1. The van der Waals surface area contributed by atoms with Gasteiger partial charge in [-0.1, -0.05) is 31.4 Å². The van der Waals surface area contributed by atoms with Gasteiger partial charge in [-0.25, -0.2) is 0 Å². The maximum atomic E-state index is 5.51. The Hall–Kier alpha value is -0.260. The van der Waals surface area contributed by atoms with Gasteiger partial charge >= 0.3 is 0 Å². The highest BCUT2D eigenvalue weighted by Crippen LogP contribution is 2.17. The van der Waals surface area contributed by atoms with E-state index in [9.17, 15) is 0 Å². The van der Waals surface area contributed by atoms with Gasteiger partial charge in [0.1, 0.15) is 9.98 Å². The summed E-state index contributed by atoms with van der Waals surface area (Å²) in [6, 6.07) is 0. The molecule has 0 radical (unpaired) electrons. The summed E-state index contributed by atoms with van der Waals surface area (Å²) in [5.74, 6) is 0. The molecule has 0 amide bonds. The minimum atomic E-state index is -0.889. The molecular weight excluding hydrogens is 192 g/mol. The maximum Gasteiger partial charge on any atom is 0.167 e. The van der Waals surface area contributed by atoms with Crippen LogP contribution in [0.1, 0.15) is 20.3 Å². The smallest absolute Gasteiger partial charge is 0.167 e. The van der Waals surface area contributed by atoms with E-state index in [1.54, 1.807) is 0 Å². The van der Waals surface area contributed by atoms with Crippen molar-refractivity contribution < 1.29 is 4.74 Å². The van der Waals surface area contributed by atoms with Gasteiger partial charge in [-0.15, -0.1) is 0 Å². The molecule has 0 aromatic carbocycles. The summed E-state index contributed by atoms with van der Waals surface area (Å²) >= 11 is 9.71. The van der Waals surface area contributed by atoms with Crippen LogP contribution in [-0.4, -0.2) is 22.2 Å². The van der Waals surface area contributed by atoms with Gasteiger partial charge in [-0.3, -0.25) is 0 Å². The Morgan fingerprint density at radius 3 is 1.75 bits per heavy atom. The largest absolute Gasteiger partial charge is 0.391 e. The van der Waals surface area contributed by atoms with E-state index in [2.05, 4.69) is 0 Å². The van der Waals surface area contributed by atoms with Gasteiger partial charge in [-0.2, -0.15) is 0 Å². The number of nitrogens with two attached hydrogens (primary N) is 2. The third-order valence-corrected chi connectivity index (χ3v) is 2.34. The van der Waals surface area contributed by atoms with Gasteiger partial charge < -0.3 is 16.2 Å². The SMILES string of the molecule is CCOC(CC)(C(N)=S)C(N)=S. The molecule has 0 aliphatic rings. The molecule has 0 heterocycles. The Kier molecular flexibility index (Phi) is 4.59. The summed E-state index contributed by atoms with van der Waals surface area (Å²) in [6.07, 6.45) is 0.575. The topological polar surface area (TPSA) is 61.3 Å². The van der Waals surface area contributed by atoms with Gasteiger partial charge in [-0.05, 0) is 13.3 Å². The van der Waals surface area contributed by atoms with E-state index in [0.717, 1.165) is 0 Å². The first-order chi connectivity index (χ1) is 5.51. The summed E-state index contributed by atoms with van der Waals surface area (Å²) in [5.41, 5.74) is 10.1. The third-order valence-electron chi connectivity index (χ3n) is 1.68. The minimum Gasteiger partial charge on any atom is -0.391 e. The van der Waals surface area contributed by atoms with Gasteiger partial charge in [0, 0.05) is 6.61 Å². The summed E-state index contributed by atoms with van der Waals surface area (Å²) in [4.78, 5) is 0.415. The van der Waals surface area contributed by atoms with Gasteiger partial charge in [0.25, 0.3) is 0 Å². The summed E-state index contributed by atoms with van der Waals surface area (Å²) in [7, 11) is 0. The molecule has 0 bridgehead atoms. The van der Waals surface area contributed by atoms with Crippen molar-refractivity contribution in [3.63, 3.8) is 0 Å². The summed E-state index contributed by atoms with van der Waals surface area (Å²) < 4.78 is 5.37. The van der Waals surface area contributed by atoms with Crippen LogP contribution in [0.4, 0.5) is 0 Å². The van der Waals surface area contributed by atoms with Crippen LogP contribution >= 0.6 is 24.4 Å². The number of hydrogen-bond donors (Lipinski definition) is 2. The second kappa shape index (κ2) is 4.69. The number of hydrogen-bond acceptors (Lipinski definition) is 3. The van der Waals surface area contributed by atoms with E-state index in [-0.39, 0.29) is 9.98 Å². The molecule has 0 rings (SSSR count). The lowest BCUT2D eigenvalue weighted by Gasteiger charge is -2.29. The molecule has 0 aromatic rings. The zero-order valence-electron chi connectivity index (χ0n) is 7.29. The maximum absolute atomic E-state index is 5.51. The van der Waals surface area contributed by atoms with Crippen molar-refractivity contribution in [3.05, 3.63) is 0 Å². The van der Waals surface area contributed by atoms with E-state index < -0.39 is 5.60 Å². The standard InChI is InChI=1S/C7H14N2OS2/c1-3-7(5(8)11,6(9)12)10-4-2/h3-4H2,1-2H3,(H2,8,11)(H2,9,12). The van der Waals surface area contributed by atoms with E-state index >= 15 is 0 Å². The van der Waals surface area contributed by atoms with Crippen LogP contribution in [0.25, 0.3) is 0 Å². The first kappa shape index (κ1) is 11.7. The fourth-order valence-electron chi connectivity index (χ4n) is 0.961. The van der Waals surface area contributed by atoms with Crippen molar-refractivity contribution in [1.29, 1.82) is 0 Å². The Morgan fingerprint density at radius 2 is 1.67 bits per heavy atom. The Labute approximate surface area is 83.4 Å². The molecule has 0 atom stereocenters. The zero-order valence-corrected chi connectivity index (χ0v) is 8.93. The highest BCUT2D eigenvalue weighted by atomic mass is 32.1. The summed E-state index contributed by atoms with van der Waals surface area (Å²) in [5, 5.41) is 0. The molecule has 0 unspecified atom stereocenters. The van der Waals surface area contributed by atoms with Gasteiger partial charge in [0.15, 0.2) is 5.60 Å². The first-order valence-corrected chi connectivity index (χ1v) is 4.56. The normalized spacial score (nSPS) is 11.2. The molecule has 0 aliphatic carbocycles.